The van der Waals surface area contributed by atoms with Crippen LogP contribution in [0.1, 0.15) is 53.4 Å². The quantitative estimate of drug-likeness (QED) is 0.698. The normalized spacial score (nSPS) is 30.0. The standard InChI is InChI=1S/C16H25NO4/c1-15(2,3)21-14(19)17-11-7-5-6-8-12(17)16(4)10-9-13(18)20-16/h9-10,12H,5-8,11H2,1-4H3/t12-,16+/m1/s1. The summed E-state index contributed by atoms with van der Waals surface area (Å²) in [6.45, 7) is 8.07. The van der Waals surface area contributed by atoms with Gasteiger partial charge in [-0.15, -0.1) is 0 Å². The third-order valence-corrected chi connectivity index (χ3v) is 3.91. The van der Waals surface area contributed by atoms with Crippen LogP contribution in [-0.2, 0) is 14.3 Å². The lowest BCUT2D eigenvalue weighted by atomic mass is 9.92. The number of esters is 1. The van der Waals surface area contributed by atoms with E-state index in [1.807, 2.05) is 27.7 Å². The number of rotatable bonds is 1. The first-order valence-electron chi connectivity index (χ1n) is 7.63. The van der Waals surface area contributed by atoms with Gasteiger partial charge in [-0.2, -0.15) is 0 Å². The van der Waals surface area contributed by atoms with Crippen LogP contribution in [0.4, 0.5) is 4.79 Å². The largest absolute Gasteiger partial charge is 0.450 e. The van der Waals surface area contributed by atoms with E-state index in [-0.39, 0.29) is 18.1 Å². The summed E-state index contributed by atoms with van der Waals surface area (Å²) in [5.74, 6) is -0.342. The van der Waals surface area contributed by atoms with Crippen molar-refractivity contribution in [2.75, 3.05) is 6.54 Å². The van der Waals surface area contributed by atoms with Crippen LogP contribution in [-0.4, -0.2) is 40.8 Å². The van der Waals surface area contributed by atoms with E-state index in [1.165, 1.54) is 6.08 Å². The molecule has 1 amide bonds. The van der Waals surface area contributed by atoms with Gasteiger partial charge in [-0.3, -0.25) is 0 Å². The molecule has 21 heavy (non-hydrogen) atoms. The Morgan fingerprint density at radius 2 is 2.10 bits per heavy atom. The van der Waals surface area contributed by atoms with Gasteiger partial charge in [0.1, 0.15) is 11.2 Å². The summed E-state index contributed by atoms with van der Waals surface area (Å²) in [4.78, 5) is 25.7. The molecule has 0 saturated carbocycles. The van der Waals surface area contributed by atoms with Gasteiger partial charge in [0.15, 0.2) is 0 Å². The molecule has 2 atom stereocenters. The first kappa shape index (κ1) is 15.9. The van der Waals surface area contributed by atoms with Crippen molar-refractivity contribution in [2.45, 2.75) is 70.6 Å². The zero-order valence-corrected chi connectivity index (χ0v) is 13.3. The van der Waals surface area contributed by atoms with Gasteiger partial charge < -0.3 is 14.4 Å². The lowest BCUT2D eigenvalue weighted by Crippen LogP contribution is -2.53. The summed E-state index contributed by atoms with van der Waals surface area (Å²) in [5, 5.41) is 0. The fourth-order valence-corrected chi connectivity index (χ4v) is 2.94. The van der Waals surface area contributed by atoms with Crippen molar-refractivity contribution in [2.24, 2.45) is 0 Å². The van der Waals surface area contributed by atoms with E-state index >= 15 is 0 Å². The summed E-state index contributed by atoms with van der Waals surface area (Å²) in [6.07, 6.45) is 6.73. The highest BCUT2D eigenvalue weighted by molar-refractivity contribution is 5.85. The predicted molar refractivity (Wildman–Crippen MR) is 78.8 cm³/mol. The molecule has 118 valence electrons. The second-order valence-electron chi connectivity index (χ2n) is 6.98. The molecule has 1 saturated heterocycles. The Morgan fingerprint density at radius 3 is 2.67 bits per heavy atom. The van der Waals surface area contributed by atoms with E-state index in [9.17, 15) is 9.59 Å². The summed E-state index contributed by atoms with van der Waals surface area (Å²) >= 11 is 0. The van der Waals surface area contributed by atoms with Crippen LogP contribution in [0.15, 0.2) is 12.2 Å². The topological polar surface area (TPSA) is 55.8 Å². The number of nitrogens with zero attached hydrogens (tertiary/aromatic N) is 1. The molecule has 2 aliphatic rings. The second-order valence-corrected chi connectivity index (χ2v) is 6.98. The van der Waals surface area contributed by atoms with Gasteiger partial charge in [-0.1, -0.05) is 12.8 Å². The molecule has 0 bridgehead atoms. The van der Waals surface area contributed by atoms with Crippen molar-refractivity contribution in [3.63, 3.8) is 0 Å². The van der Waals surface area contributed by atoms with Crippen molar-refractivity contribution in [3.05, 3.63) is 12.2 Å². The molecule has 0 radical (unpaired) electrons. The van der Waals surface area contributed by atoms with Gasteiger partial charge in [0.05, 0.1) is 6.04 Å². The van der Waals surface area contributed by atoms with Crippen molar-refractivity contribution < 1.29 is 19.1 Å². The molecule has 1 fully saturated rings. The average molecular weight is 295 g/mol. The fraction of sp³-hybridized carbons (Fsp3) is 0.750. The third kappa shape index (κ3) is 3.77. The van der Waals surface area contributed by atoms with Crippen LogP contribution in [0.25, 0.3) is 0 Å². The maximum absolute atomic E-state index is 12.5. The second kappa shape index (κ2) is 5.70. The monoisotopic (exact) mass is 295 g/mol. The molecular formula is C16H25NO4. The van der Waals surface area contributed by atoms with Crippen LogP contribution in [0.3, 0.4) is 0 Å². The zero-order valence-electron chi connectivity index (χ0n) is 13.3. The van der Waals surface area contributed by atoms with Gasteiger partial charge in [-0.25, -0.2) is 9.59 Å². The first-order chi connectivity index (χ1) is 9.71. The van der Waals surface area contributed by atoms with Crippen molar-refractivity contribution in [1.29, 1.82) is 0 Å². The molecule has 2 rings (SSSR count). The molecule has 5 heteroatoms. The maximum Gasteiger partial charge on any atom is 0.410 e. The third-order valence-electron chi connectivity index (χ3n) is 3.91. The number of cyclic esters (lactones) is 1. The highest BCUT2D eigenvalue weighted by Gasteiger charge is 2.45. The van der Waals surface area contributed by atoms with E-state index in [2.05, 4.69) is 0 Å². The zero-order chi connectivity index (χ0) is 15.7. The van der Waals surface area contributed by atoms with E-state index in [0.717, 1.165) is 25.7 Å². The molecular weight excluding hydrogens is 270 g/mol. The van der Waals surface area contributed by atoms with Crippen LogP contribution in [0.5, 0.6) is 0 Å². The van der Waals surface area contributed by atoms with E-state index < -0.39 is 11.2 Å². The molecule has 0 aromatic carbocycles. The minimum Gasteiger partial charge on any atom is -0.450 e. The Morgan fingerprint density at radius 1 is 1.38 bits per heavy atom. The summed E-state index contributed by atoms with van der Waals surface area (Å²) < 4.78 is 11.0. The van der Waals surface area contributed by atoms with Crippen molar-refractivity contribution >= 4 is 12.1 Å². The molecule has 0 spiro atoms. The molecule has 0 aliphatic carbocycles. The Kier molecular flexibility index (Phi) is 4.30. The van der Waals surface area contributed by atoms with Crippen LogP contribution in [0.2, 0.25) is 0 Å². The van der Waals surface area contributed by atoms with Crippen LogP contribution < -0.4 is 0 Å². The van der Waals surface area contributed by atoms with Gasteiger partial charge in [0.25, 0.3) is 0 Å². The summed E-state index contributed by atoms with van der Waals surface area (Å²) in [7, 11) is 0. The van der Waals surface area contributed by atoms with Gasteiger partial charge >= 0.3 is 12.1 Å². The van der Waals surface area contributed by atoms with Crippen molar-refractivity contribution in [1.82, 2.24) is 4.90 Å². The molecule has 0 unspecified atom stereocenters. The molecule has 0 N–H and O–H groups in total. The first-order valence-corrected chi connectivity index (χ1v) is 7.63. The molecule has 2 aliphatic heterocycles. The number of carbonyl (C=O) groups is 2. The summed E-state index contributed by atoms with van der Waals surface area (Å²) in [6, 6.07) is -0.169. The minimum absolute atomic E-state index is 0.169. The van der Waals surface area contributed by atoms with Crippen LogP contribution >= 0.6 is 0 Å². The number of carbonyl (C=O) groups excluding carboxylic acids is 2. The highest BCUT2D eigenvalue weighted by atomic mass is 16.6. The number of hydrogen-bond acceptors (Lipinski definition) is 4. The highest BCUT2D eigenvalue weighted by Crippen LogP contribution is 2.33. The maximum atomic E-state index is 12.5. The predicted octanol–water partition coefficient (Wildman–Crippen LogP) is 3.04. The van der Waals surface area contributed by atoms with Crippen molar-refractivity contribution in [3.8, 4) is 0 Å². The number of ether oxygens (including phenoxy) is 2. The molecule has 0 aromatic heterocycles. The minimum atomic E-state index is -0.752. The fourth-order valence-electron chi connectivity index (χ4n) is 2.94. The van der Waals surface area contributed by atoms with Gasteiger partial charge in [0, 0.05) is 12.6 Å². The molecule has 5 nitrogen and oxygen atoms in total. The average Bonchev–Trinajstić information content (AvgIpc) is 2.59. The molecule has 0 aromatic rings. The molecule has 2 heterocycles. The number of amides is 1. The van der Waals surface area contributed by atoms with E-state index in [0.29, 0.717) is 6.54 Å². The Hall–Kier alpha value is -1.52. The Labute approximate surface area is 126 Å². The summed E-state index contributed by atoms with van der Waals surface area (Å²) in [5.41, 5.74) is -1.28. The Bertz CT molecular complexity index is 452. The van der Waals surface area contributed by atoms with E-state index in [1.54, 1.807) is 11.0 Å². The van der Waals surface area contributed by atoms with E-state index in [4.69, 9.17) is 9.47 Å². The number of hydrogen-bond donors (Lipinski definition) is 0. The lowest BCUT2D eigenvalue weighted by Gasteiger charge is -2.39. The van der Waals surface area contributed by atoms with Gasteiger partial charge in [0.2, 0.25) is 0 Å². The smallest absolute Gasteiger partial charge is 0.410 e. The number of likely N-dealkylation sites (tertiary alicyclic amines) is 1. The Balaban J connectivity index is 2.20. The SMILES string of the molecule is CC(C)(C)OC(=O)N1CCCCC[C@@H]1[C@]1(C)C=CC(=O)O1. The lowest BCUT2D eigenvalue weighted by molar-refractivity contribution is -0.149. The van der Waals surface area contributed by atoms with Crippen LogP contribution in [0, 0.1) is 0 Å². The van der Waals surface area contributed by atoms with Gasteiger partial charge in [-0.05, 0) is 46.6 Å².